The molecule has 96 valence electrons. The van der Waals surface area contributed by atoms with Gasteiger partial charge in [0.25, 0.3) is 0 Å². The first-order valence-electron chi connectivity index (χ1n) is 7.43. The molecule has 0 radical (unpaired) electrons. The fourth-order valence-electron chi connectivity index (χ4n) is 2.73. The second-order valence-corrected chi connectivity index (χ2v) is 5.89. The van der Waals surface area contributed by atoms with Crippen LogP contribution in [0.5, 0.6) is 0 Å². The molecule has 1 saturated carbocycles. The molecule has 0 aliphatic heterocycles. The first-order chi connectivity index (χ1) is 7.71. The molecule has 1 aliphatic rings. The molecular weight excluding hydrogens is 196 g/mol. The quantitative estimate of drug-likeness (QED) is 0.627. The molecule has 1 rings (SSSR count). The highest BCUT2D eigenvalue weighted by Gasteiger charge is 2.18. The summed E-state index contributed by atoms with van der Waals surface area (Å²) >= 11 is 0. The number of rotatable bonds is 0. The zero-order valence-corrected chi connectivity index (χ0v) is 11.1. The molecule has 16 heavy (non-hydrogen) atoms. The molecule has 0 saturated heterocycles. The lowest BCUT2D eigenvalue weighted by molar-refractivity contribution is 0.0365. The summed E-state index contributed by atoms with van der Waals surface area (Å²) < 4.78 is 0. The van der Waals surface area contributed by atoms with Crippen molar-refractivity contribution in [3.05, 3.63) is 0 Å². The SMILES string of the molecule is CC1(O)CCCCCCCCCCCCC1. The van der Waals surface area contributed by atoms with Crippen molar-refractivity contribution in [1.82, 2.24) is 0 Å². The molecule has 1 nitrogen and oxygen atoms in total. The average Bonchev–Trinajstić information content (AvgIpc) is 2.24. The largest absolute Gasteiger partial charge is 0.390 e. The van der Waals surface area contributed by atoms with E-state index in [2.05, 4.69) is 0 Å². The molecule has 0 heterocycles. The van der Waals surface area contributed by atoms with E-state index in [0.717, 1.165) is 12.8 Å². The van der Waals surface area contributed by atoms with E-state index in [1.807, 2.05) is 6.92 Å². The summed E-state index contributed by atoms with van der Waals surface area (Å²) in [7, 11) is 0. The van der Waals surface area contributed by atoms with Crippen molar-refractivity contribution in [2.24, 2.45) is 0 Å². The van der Waals surface area contributed by atoms with Crippen LogP contribution in [0.3, 0.4) is 0 Å². The summed E-state index contributed by atoms with van der Waals surface area (Å²) in [6.07, 6.45) is 16.9. The van der Waals surface area contributed by atoms with E-state index in [9.17, 15) is 5.11 Å². The van der Waals surface area contributed by atoms with Gasteiger partial charge in [0, 0.05) is 0 Å². The third-order valence-corrected chi connectivity index (χ3v) is 3.93. The zero-order valence-electron chi connectivity index (χ0n) is 11.1. The molecule has 1 fully saturated rings. The molecule has 1 N–H and O–H groups in total. The van der Waals surface area contributed by atoms with Crippen LogP contribution in [0.25, 0.3) is 0 Å². The van der Waals surface area contributed by atoms with Gasteiger partial charge in [-0.05, 0) is 19.8 Å². The molecule has 0 aromatic rings. The summed E-state index contributed by atoms with van der Waals surface area (Å²) in [5.74, 6) is 0. The van der Waals surface area contributed by atoms with E-state index in [4.69, 9.17) is 0 Å². The summed E-state index contributed by atoms with van der Waals surface area (Å²) in [5.41, 5.74) is -0.385. The van der Waals surface area contributed by atoms with Crippen molar-refractivity contribution >= 4 is 0 Å². The summed E-state index contributed by atoms with van der Waals surface area (Å²) in [6.45, 7) is 2.03. The summed E-state index contributed by atoms with van der Waals surface area (Å²) in [4.78, 5) is 0. The fraction of sp³-hybridized carbons (Fsp3) is 1.00. The van der Waals surface area contributed by atoms with Crippen LogP contribution < -0.4 is 0 Å². The van der Waals surface area contributed by atoms with E-state index in [-0.39, 0.29) is 5.60 Å². The molecule has 0 amide bonds. The van der Waals surface area contributed by atoms with Crippen LogP contribution in [0.1, 0.15) is 90.4 Å². The maximum Gasteiger partial charge on any atom is 0.0619 e. The van der Waals surface area contributed by atoms with Gasteiger partial charge in [-0.1, -0.05) is 70.6 Å². The average molecular weight is 226 g/mol. The van der Waals surface area contributed by atoms with Crippen molar-refractivity contribution in [1.29, 1.82) is 0 Å². The maximum absolute atomic E-state index is 10.2. The summed E-state index contributed by atoms with van der Waals surface area (Å²) in [5, 5.41) is 10.2. The van der Waals surface area contributed by atoms with E-state index >= 15 is 0 Å². The fourth-order valence-corrected chi connectivity index (χ4v) is 2.73. The minimum atomic E-state index is -0.385. The monoisotopic (exact) mass is 226 g/mol. The van der Waals surface area contributed by atoms with Crippen LogP contribution in [-0.4, -0.2) is 10.7 Å². The van der Waals surface area contributed by atoms with Crippen molar-refractivity contribution in [3.8, 4) is 0 Å². The Bertz CT molecular complexity index is 147. The van der Waals surface area contributed by atoms with Gasteiger partial charge in [-0.15, -0.1) is 0 Å². The van der Waals surface area contributed by atoms with Crippen molar-refractivity contribution in [3.63, 3.8) is 0 Å². The van der Waals surface area contributed by atoms with Gasteiger partial charge in [0.15, 0.2) is 0 Å². The van der Waals surface area contributed by atoms with Gasteiger partial charge in [0.05, 0.1) is 5.60 Å². The molecule has 0 spiro atoms. The van der Waals surface area contributed by atoms with Gasteiger partial charge in [-0.3, -0.25) is 0 Å². The minimum Gasteiger partial charge on any atom is -0.390 e. The lowest BCUT2D eigenvalue weighted by Gasteiger charge is -2.23. The van der Waals surface area contributed by atoms with Crippen LogP contribution in [0.2, 0.25) is 0 Å². The Hall–Kier alpha value is -0.0400. The maximum atomic E-state index is 10.2. The van der Waals surface area contributed by atoms with E-state index in [1.54, 1.807) is 0 Å². The first kappa shape index (κ1) is 14.0. The van der Waals surface area contributed by atoms with Crippen LogP contribution >= 0.6 is 0 Å². The van der Waals surface area contributed by atoms with Crippen molar-refractivity contribution < 1.29 is 5.11 Å². The third kappa shape index (κ3) is 7.27. The van der Waals surface area contributed by atoms with Crippen molar-refractivity contribution in [2.45, 2.75) is 96.0 Å². The second kappa shape index (κ2) is 8.11. The Morgan fingerprint density at radius 2 is 0.812 bits per heavy atom. The minimum absolute atomic E-state index is 0.385. The number of hydrogen-bond donors (Lipinski definition) is 1. The predicted octanol–water partition coefficient (Wildman–Crippen LogP) is 4.82. The van der Waals surface area contributed by atoms with Gasteiger partial charge in [-0.25, -0.2) is 0 Å². The van der Waals surface area contributed by atoms with Gasteiger partial charge in [-0.2, -0.15) is 0 Å². The molecule has 0 atom stereocenters. The Labute approximate surface area is 102 Å². The van der Waals surface area contributed by atoms with Crippen LogP contribution in [0.4, 0.5) is 0 Å². The molecular formula is C15H30O. The van der Waals surface area contributed by atoms with E-state index in [1.165, 1.54) is 70.6 Å². The third-order valence-electron chi connectivity index (χ3n) is 3.93. The van der Waals surface area contributed by atoms with Crippen LogP contribution in [0.15, 0.2) is 0 Å². The Morgan fingerprint density at radius 1 is 0.562 bits per heavy atom. The summed E-state index contributed by atoms with van der Waals surface area (Å²) in [6, 6.07) is 0. The predicted molar refractivity (Wildman–Crippen MR) is 70.6 cm³/mol. The van der Waals surface area contributed by atoms with Crippen LogP contribution in [0, 0.1) is 0 Å². The first-order valence-corrected chi connectivity index (χ1v) is 7.43. The molecule has 0 aromatic heterocycles. The standard InChI is InChI=1S/C15H30O/c1-15(16)13-11-9-7-5-3-2-4-6-8-10-12-14-15/h16H,2-14H2,1H3. The molecule has 0 unspecified atom stereocenters. The van der Waals surface area contributed by atoms with Gasteiger partial charge in [0.2, 0.25) is 0 Å². The highest BCUT2D eigenvalue weighted by atomic mass is 16.3. The lowest BCUT2D eigenvalue weighted by Crippen LogP contribution is -2.23. The van der Waals surface area contributed by atoms with E-state index in [0.29, 0.717) is 0 Å². The van der Waals surface area contributed by atoms with Crippen molar-refractivity contribution in [2.75, 3.05) is 0 Å². The molecule has 0 bridgehead atoms. The van der Waals surface area contributed by atoms with Crippen LogP contribution in [-0.2, 0) is 0 Å². The van der Waals surface area contributed by atoms with E-state index < -0.39 is 0 Å². The highest BCUT2D eigenvalue weighted by molar-refractivity contribution is 4.72. The van der Waals surface area contributed by atoms with Gasteiger partial charge < -0.3 is 5.11 Å². The number of aliphatic hydroxyl groups is 1. The lowest BCUT2D eigenvalue weighted by atomic mass is 9.91. The van der Waals surface area contributed by atoms with Gasteiger partial charge >= 0.3 is 0 Å². The van der Waals surface area contributed by atoms with Gasteiger partial charge in [0.1, 0.15) is 0 Å². The zero-order chi connectivity index (χ0) is 11.7. The normalized spacial score (nSPS) is 25.9. The smallest absolute Gasteiger partial charge is 0.0619 e. The topological polar surface area (TPSA) is 20.2 Å². The highest BCUT2D eigenvalue weighted by Crippen LogP contribution is 2.23. The molecule has 0 aromatic carbocycles. The molecule has 1 heteroatoms. The number of hydrogen-bond acceptors (Lipinski definition) is 1. The molecule has 1 aliphatic carbocycles. The Kier molecular flexibility index (Phi) is 7.11. The second-order valence-electron chi connectivity index (χ2n) is 5.89. The Morgan fingerprint density at radius 3 is 1.12 bits per heavy atom. The Balaban J connectivity index is 2.22.